The number of nitrogens with one attached hydrogen (secondary N) is 1. The van der Waals surface area contributed by atoms with E-state index in [1.807, 2.05) is 11.6 Å². The second-order valence-corrected chi connectivity index (χ2v) is 4.90. The van der Waals surface area contributed by atoms with Gasteiger partial charge in [-0.2, -0.15) is 18.3 Å². The van der Waals surface area contributed by atoms with Gasteiger partial charge in [0.25, 0.3) is 0 Å². The maximum atomic E-state index is 12.7. The van der Waals surface area contributed by atoms with Crippen LogP contribution in [-0.2, 0) is 19.3 Å². The zero-order valence-corrected chi connectivity index (χ0v) is 10.8. The van der Waals surface area contributed by atoms with Crippen LogP contribution in [0.1, 0.15) is 18.2 Å². The van der Waals surface area contributed by atoms with Crippen molar-refractivity contribution in [2.24, 2.45) is 0 Å². The van der Waals surface area contributed by atoms with Crippen LogP contribution in [0.5, 0.6) is 0 Å². The van der Waals surface area contributed by atoms with E-state index in [0.29, 0.717) is 30.4 Å². The summed E-state index contributed by atoms with van der Waals surface area (Å²) >= 11 is 0. The smallest absolute Gasteiger partial charge is 0.307 e. The third kappa shape index (κ3) is 2.29. The maximum Gasteiger partial charge on any atom is 0.416 e. The quantitative estimate of drug-likeness (QED) is 0.873. The van der Waals surface area contributed by atoms with E-state index < -0.39 is 11.7 Å². The molecule has 0 aliphatic carbocycles. The Labute approximate surface area is 113 Å². The molecule has 0 amide bonds. The minimum Gasteiger partial charge on any atom is -0.307 e. The molecule has 106 valence electrons. The molecule has 1 unspecified atom stereocenters. The molecule has 1 N–H and O–H groups in total. The fourth-order valence-electron chi connectivity index (χ4n) is 2.32. The van der Waals surface area contributed by atoms with E-state index in [9.17, 15) is 13.2 Å². The molecule has 0 saturated carbocycles. The van der Waals surface area contributed by atoms with E-state index >= 15 is 0 Å². The van der Waals surface area contributed by atoms with Gasteiger partial charge in [-0.1, -0.05) is 0 Å². The molecule has 2 aromatic rings. The zero-order chi connectivity index (χ0) is 14.3. The molecule has 4 nitrogen and oxygen atoms in total. The van der Waals surface area contributed by atoms with Gasteiger partial charge in [0, 0.05) is 24.3 Å². The summed E-state index contributed by atoms with van der Waals surface area (Å²) in [5.41, 5.74) is 1.13. The third-order valence-corrected chi connectivity index (χ3v) is 3.38. The molecule has 3 heterocycles. The summed E-state index contributed by atoms with van der Waals surface area (Å²) in [4.78, 5) is 4.04. The summed E-state index contributed by atoms with van der Waals surface area (Å²) in [7, 11) is 0. The number of pyridine rings is 1. The predicted octanol–water partition coefficient (Wildman–Crippen LogP) is 2.46. The second kappa shape index (κ2) is 4.59. The van der Waals surface area contributed by atoms with Crippen molar-refractivity contribution in [2.45, 2.75) is 32.2 Å². The van der Waals surface area contributed by atoms with Gasteiger partial charge in [-0.15, -0.1) is 0 Å². The van der Waals surface area contributed by atoms with Crippen molar-refractivity contribution in [2.75, 3.05) is 0 Å². The molecule has 0 bridgehead atoms. The Bertz CT molecular complexity index is 633. The summed E-state index contributed by atoms with van der Waals surface area (Å²) in [6, 6.07) is 2.33. The van der Waals surface area contributed by atoms with Crippen molar-refractivity contribution in [1.29, 1.82) is 0 Å². The average molecular weight is 282 g/mol. The van der Waals surface area contributed by atoms with Crippen LogP contribution in [0.3, 0.4) is 0 Å². The van der Waals surface area contributed by atoms with E-state index in [0.717, 1.165) is 17.8 Å². The van der Waals surface area contributed by atoms with E-state index in [-0.39, 0.29) is 0 Å². The number of hydrogen-bond acceptors (Lipinski definition) is 3. The number of alkyl halides is 3. The highest BCUT2D eigenvalue weighted by Crippen LogP contribution is 2.32. The molecular weight excluding hydrogens is 269 g/mol. The Morgan fingerprint density at radius 3 is 2.95 bits per heavy atom. The number of hydrogen-bond donors (Lipinski definition) is 1. The van der Waals surface area contributed by atoms with Gasteiger partial charge in [0.15, 0.2) is 0 Å². The fourth-order valence-corrected chi connectivity index (χ4v) is 2.32. The van der Waals surface area contributed by atoms with Crippen LogP contribution in [0.25, 0.3) is 11.3 Å². The standard InChI is InChI=1S/C13H13F3N4/c1-8-7-20-12(6-18-8)10(5-19-20)11-4-9(2-3-17-11)13(14,15)16/h2-5,8,18H,6-7H2,1H3. The lowest BCUT2D eigenvalue weighted by Gasteiger charge is -2.22. The first kappa shape index (κ1) is 13.1. The molecule has 1 atom stereocenters. The van der Waals surface area contributed by atoms with Crippen molar-refractivity contribution < 1.29 is 13.2 Å². The minimum absolute atomic E-state index is 0.296. The Morgan fingerprint density at radius 1 is 1.40 bits per heavy atom. The van der Waals surface area contributed by atoms with Crippen molar-refractivity contribution in [1.82, 2.24) is 20.1 Å². The van der Waals surface area contributed by atoms with Crippen molar-refractivity contribution in [3.63, 3.8) is 0 Å². The lowest BCUT2D eigenvalue weighted by Crippen LogP contribution is -2.36. The number of rotatable bonds is 1. The van der Waals surface area contributed by atoms with Crippen LogP contribution >= 0.6 is 0 Å². The molecule has 0 saturated heterocycles. The molecule has 0 radical (unpaired) electrons. The van der Waals surface area contributed by atoms with Crippen LogP contribution in [0.15, 0.2) is 24.5 Å². The monoisotopic (exact) mass is 282 g/mol. The Morgan fingerprint density at radius 2 is 2.20 bits per heavy atom. The van der Waals surface area contributed by atoms with Gasteiger partial charge < -0.3 is 5.32 Å². The largest absolute Gasteiger partial charge is 0.416 e. The average Bonchev–Trinajstić information content (AvgIpc) is 2.80. The van der Waals surface area contributed by atoms with Crippen LogP contribution in [0, 0.1) is 0 Å². The van der Waals surface area contributed by atoms with Crippen LogP contribution in [0.4, 0.5) is 13.2 Å². The van der Waals surface area contributed by atoms with Gasteiger partial charge in [0.2, 0.25) is 0 Å². The minimum atomic E-state index is -4.36. The SMILES string of the molecule is CC1Cn2ncc(-c3cc(C(F)(F)F)ccn3)c2CN1. The van der Waals surface area contributed by atoms with Crippen molar-refractivity contribution in [3.8, 4) is 11.3 Å². The normalized spacial score (nSPS) is 18.9. The van der Waals surface area contributed by atoms with Crippen molar-refractivity contribution >= 4 is 0 Å². The molecule has 0 aromatic carbocycles. The predicted molar refractivity (Wildman–Crippen MR) is 66.8 cm³/mol. The van der Waals surface area contributed by atoms with Gasteiger partial charge in [0.1, 0.15) is 0 Å². The molecule has 2 aromatic heterocycles. The van der Waals surface area contributed by atoms with Crippen molar-refractivity contribution in [3.05, 3.63) is 35.8 Å². The van der Waals surface area contributed by atoms with E-state index in [1.54, 1.807) is 6.20 Å². The fraction of sp³-hybridized carbons (Fsp3) is 0.385. The maximum absolute atomic E-state index is 12.7. The van der Waals surface area contributed by atoms with Gasteiger partial charge in [-0.3, -0.25) is 9.67 Å². The van der Waals surface area contributed by atoms with E-state index in [1.165, 1.54) is 6.20 Å². The van der Waals surface area contributed by atoms with E-state index in [2.05, 4.69) is 15.4 Å². The van der Waals surface area contributed by atoms with Gasteiger partial charge in [-0.25, -0.2) is 0 Å². The number of nitrogens with zero attached hydrogens (tertiary/aromatic N) is 3. The highest BCUT2D eigenvalue weighted by atomic mass is 19.4. The van der Waals surface area contributed by atoms with Gasteiger partial charge >= 0.3 is 6.18 Å². The van der Waals surface area contributed by atoms with Gasteiger partial charge in [-0.05, 0) is 19.1 Å². The number of fused-ring (bicyclic) bond motifs is 1. The molecule has 1 aliphatic rings. The summed E-state index contributed by atoms with van der Waals surface area (Å²) < 4.78 is 40.0. The highest BCUT2D eigenvalue weighted by molar-refractivity contribution is 5.62. The number of halogens is 3. The number of aromatic nitrogens is 3. The molecule has 7 heteroatoms. The first-order valence-corrected chi connectivity index (χ1v) is 6.27. The molecular formula is C13H13F3N4. The Hall–Kier alpha value is -1.89. The lowest BCUT2D eigenvalue weighted by atomic mass is 10.1. The second-order valence-electron chi connectivity index (χ2n) is 4.90. The van der Waals surface area contributed by atoms with E-state index in [4.69, 9.17) is 0 Å². The molecule has 0 spiro atoms. The Balaban J connectivity index is 2.02. The topological polar surface area (TPSA) is 42.7 Å². The third-order valence-electron chi connectivity index (χ3n) is 3.38. The summed E-state index contributed by atoms with van der Waals surface area (Å²) in [5.74, 6) is 0. The highest BCUT2D eigenvalue weighted by Gasteiger charge is 2.31. The lowest BCUT2D eigenvalue weighted by molar-refractivity contribution is -0.137. The van der Waals surface area contributed by atoms with Gasteiger partial charge in [0.05, 0.1) is 29.7 Å². The van der Waals surface area contributed by atoms with Crippen LogP contribution in [-0.4, -0.2) is 20.8 Å². The summed E-state index contributed by atoms with van der Waals surface area (Å²) in [6.07, 6.45) is -1.60. The first-order valence-electron chi connectivity index (χ1n) is 6.27. The Kier molecular flexibility index (Phi) is 3.01. The summed E-state index contributed by atoms with van der Waals surface area (Å²) in [6.45, 7) is 3.32. The summed E-state index contributed by atoms with van der Waals surface area (Å²) in [5, 5.41) is 7.50. The first-order chi connectivity index (χ1) is 9.45. The zero-order valence-electron chi connectivity index (χ0n) is 10.8. The molecule has 1 aliphatic heterocycles. The molecule has 3 rings (SSSR count). The molecule has 0 fully saturated rings. The molecule has 20 heavy (non-hydrogen) atoms. The van der Waals surface area contributed by atoms with Crippen LogP contribution in [0.2, 0.25) is 0 Å². The van der Waals surface area contributed by atoms with Crippen LogP contribution < -0.4 is 5.32 Å².